The molecule has 0 radical (unpaired) electrons. The van der Waals surface area contributed by atoms with Crippen molar-refractivity contribution in [1.29, 1.82) is 0 Å². The minimum atomic E-state index is 0.449. The van der Waals surface area contributed by atoms with Crippen molar-refractivity contribution in [2.24, 2.45) is 0 Å². The van der Waals surface area contributed by atoms with E-state index in [1.54, 1.807) is 0 Å². The van der Waals surface area contributed by atoms with Crippen LogP contribution in [0.15, 0.2) is 30.3 Å². The fourth-order valence-electron chi connectivity index (χ4n) is 1.48. The Hall–Kier alpha value is -0.970. The minimum Gasteiger partial charge on any atom is -0.375 e. The SMILES string of the molecule is Clc1snnc1COCCCc1ccccc1. The van der Waals surface area contributed by atoms with Crippen molar-refractivity contribution in [2.75, 3.05) is 6.61 Å². The first-order chi connectivity index (χ1) is 8.36. The predicted octanol–water partition coefficient (Wildman–Crippen LogP) is 3.34. The van der Waals surface area contributed by atoms with E-state index in [0.29, 0.717) is 17.6 Å². The summed E-state index contributed by atoms with van der Waals surface area (Å²) in [7, 11) is 0. The lowest BCUT2D eigenvalue weighted by Gasteiger charge is -2.02. The maximum Gasteiger partial charge on any atom is 0.139 e. The Morgan fingerprint density at radius 2 is 2.06 bits per heavy atom. The van der Waals surface area contributed by atoms with E-state index in [0.717, 1.165) is 18.5 Å². The Kier molecular flexibility index (Phi) is 4.91. The summed E-state index contributed by atoms with van der Waals surface area (Å²) in [5.74, 6) is 0. The largest absolute Gasteiger partial charge is 0.375 e. The molecule has 0 aliphatic rings. The molecule has 1 aromatic heterocycles. The number of aryl methyl sites for hydroxylation is 1. The molecule has 0 atom stereocenters. The third-order valence-electron chi connectivity index (χ3n) is 2.35. The lowest BCUT2D eigenvalue weighted by atomic mass is 10.1. The van der Waals surface area contributed by atoms with Gasteiger partial charge in [0.25, 0.3) is 0 Å². The maximum atomic E-state index is 5.86. The molecule has 2 rings (SSSR count). The summed E-state index contributed by atoms with van der Waals surface area (Å²) in [5.41, 5.74) is 2.07. The monoisotopic (exact) mass is 268 g/mol. The number of nitrogens with zero attached hydrogens (tertiary/aromatic N) is 2. The highest BCUT2D eigenvalue weighted by Gasteiger charge is 2.04. The quantitative estimate of drug-likeness (QED) is 0.754. The maximum absolute atomic E-state index is 5.86. The van der Waals surface area contributed by atoms with E-state index < -0.39 is 0 Å². The molecule has 2 aromatic rings. The standard InChI is InChI=1S/C12H13ClN2OS/c13-12-11(14-15-17-12)9-16-8-4-7-10-5-2-1-3-6-10/h1-3,5-6H,4,7-9H2. The number of rotatable bonds is 6. The van der Waals surface area contributed by atoms with Gasteiger partial charge in [-0.1, -0.05) is 46.4 Å². The second-order valence-corrected chi connectivity index (χ2v) is 4.99. The van der Waals surface area contributed by atoms with Crippen molar-refractivity contribution in [1.82, 2.24) is 9.59 Å². The Labute approximate surface area is 110 Å². The zero-order valence-corrected chi connectivity index (χ0v) is 10.9. The van der Waals surface area contributed by atoms with Gasteiger partial charge in [-0.15, -0.1) is 5.10 Å². The van der Waals surface area contributed by atoms with Crippen molar-refractivity contribution >= 4 is 23.1 Å². The van der Waals surface area contributed by atoms with Crippen LogP contribution < -0.4 is 0 Å². The molecule has 0 saturated carbocycles. The third kappa shape index (κ3) is 4.07. The highest BCUT2D eigenvalue weighted by Crippen LogP contribution is 2.17. The van der Waals surface area contributed by atoms with Crippen LogP contribution in [0.2, 0.25) is 4.34 Å². The third-order valence-corrected chi connectivity index (χ3v) is 3.33. The molecule has 0 spiro atoms. The highest BCUT2D eigenvalue weighted by atomic mass is 35.5. The van der Waals surface area contributed by atoms with Crippen molar-refractivity contribution in [3.63, 3.8) is 0 Å². The molecule has 0 aliphatic carbocycles. The van der Waals surface area contributed by atoms with Crippen LogP contribution >= 0.6 is 23.1 Å². The Morgan fingerprint density at radius 1 is 1.24 bits per heavy atom. The van der Waals surface area contributed by atoms with E-state index >= 15 is 0 Å². The number of benzene rings is 1. The Morgan fingerprint density at radius 3 is 2.76 bits per heavy atom. The van der Waals surface area contributed by atoms with Crippen LogP contribution in [0.5, 0.6) is 0 Å². The first-order valence-corrected chi connectivity index (χ1v) is 6.60. The van der Waals surface area contributed by atoms with Gasteiger partial charge in [-0.25, -0.2) is 0 Å². The second-order valence-electron chi connectivity index (χ2n) is 3.64. The predicted molar refractivity (Wildman–Crippen MR) is 69.3 cm³/mol. The van der Waals surface area contributed by atoms with Gasteiger partial charge in [-0.3, -0.25) is 0 Å². The van der Waals surface area contributed by atoms with Gasteiger partial charge in [0, 0.05) is 18.1 Å². The van der Waals surface area contributed by atoms with E-state index in [4.69, 9.17) is 16.3 Å². The number of ether oxygens (including phenoxy) is 1. The molecule has 1 aromatic carbocycles. The number of halogens is 1. The lowest BCUT2D eigenvalue weighted by Crippen LogP contribution is -1.98. The Balaban J connectivity index is 1.63. The van der Waals surface area contributed by atoms with Crippen LogP contribution in [0, 0.1) is 0 Å². The minimum absolute atomic E-state index is 0.449. The zero-order chi connectivity index (χ0) is 11.9. The molecule has 3 nitrogen and oxygen atoms in total. The van der Waals surface area contributed by atoms with Gasteiger partial charge in [0.05, 0.1) is 6.61 Å². The van der Waals surface area contributed by atoms with E-state index in [1.807, 2.05) is 6.07 Å². The van der Waals surface area contributed by atoms with E-state index in [-0.39, 0.29) is 0 Å². The molecule has 1 heterocycles. The summed E-state index contributed by atoms with van der Waals surface area (Å²) >= 11 is 7.05. The van der Waals surface area contributed by atoms with E-state index in [1.165, 1.54) is 17.1 Å². The van der Waals surface area contributed by atoms with Crippen molar-refractivity contribution in [3.8, 4) is 0 Å². The number of hydrogen-bond acceptors (Lipinski definition) is 4. The molecule has 0 aliphatic heterocycles. The summed E-state index contributed by atoms with van der Waals surface area (Å²) in [4.78, 5) is 0. The van der Waals surface area contributed by atoms with Crippen molar-refractivity contribution in [3.05, 3.63) is 45.9 Å². The molecule has 0 saturated heterocycles. The van der Waals surface area contributed by atoms with E-state index in [2.05, 4.69) is 33.9 Å². The van der Waals surface area contributed by atoms with Crippen LogP contribution in [0.4, 0.5) is 0 Å². The van der Waals surface area contributed by atoms with Crippen LogP contribution in [-0.4, -0.2) is 16.2 Å². The van der Waals surface area contributed by atoms with Crippen molar-refractivity contribution < 1.29 is 4.74 Å². The van der Waals surface area contributed by atoms with Gasteiger partial charge in [0.1, 0.15) is 10.0 Å². The van der Waals surface area contributed by atoms with Gasteiger partial charge in [-0.05, 0) is 18.4 Å². The second kappa shape index (κ2) is 6.69. The first kappa shape index (κ1) is 12.5. The summed E-state index contributed by atoms with van der Waals surface area (Å²) in [5, 5.41) is 3.88. The molecule has 0 unspecified atom stereocenters. The highest BCUT2D eigenvalue weighted by molar-refractivity contribution is 7.10. The summed E-state index contributed by atoms with van der Waals surface area (Å²) in [6.07, 6.45) is 2.03. The topological polar surface area (TPSA) is 35.0 Å². The lowest BCUT2D eigenvalue weighted by molar-refractivity contribution is 0.116. The van der Waals surface area contributed by atoms with Crippen LogP contribution in [0.25, 0.3) is 0 Å². The smallest absolute Gasteiger partial charge is 0.139 e. The molecule has 5 heteroatoms. The molecular formula is C12H13ClN2OS. The van der Waals surface area contributed by atoms with E-state index in [9.17, 15) is 0 Å². The van der Waals surface area contributed by atoms with Crippen molar-refractivity contribution in [2.45, 2.75) is 19.4 Å². The van der Waals surface area contributed by atoms with Gasteiger partial charge < -0.3 is 4.74 Å². The first-order valence-electron chi connectivity index (χ1n) is 5.44. The van der Waals surface area contributed by atoms with Crippen LogP contribution in [-0.2, 0) is 17.8 Å². The number of aromatic nitrogens is 2. The number of hydrogen-bond donors (Lipinski definition) is 0. The molecule has 0 N–H and O–H groups in total. The summed E-state index contributed by atoms with van der Waals surface area (Å²) in [6, 6.07) is 10.4. The summed E-state index contributed by atoms with van der Waals surface area (Å²) in [6.45, 7) is 1.16. The molecule has 90 valence electrons. The van der Waals surface area contributed by atoms with Crippen LogP contribution in [0.1, 0.15) is 17.7 Å². The molecule has 0 amide bonds. The molecule has 0 fully saturated rings. The zero-order valence-electron chi connectivity index (χ0n) is 9.30. The normalized spacial score (nSPS) is 10.6. The van der Waals surface area contributed by atoms with Gasteiger partial charge in [0.2, 0.25) is 0 Å². The Bertz CT molecular complexity index is 447. The molecule has 17 heavy (non-hydrogen) atoms. The van der Waals surface area contributed by atoms with Gasteiger partial charge >= 0.3 is 0 Å². The average Bonchev–Trinajstić information content (AvgIpc) is 2.76. The molecular weight excluding hydrogens is 256 g/mol. The van der Waals surface area contributed by atoms with Crippen LogP contribution in [0.3, 0.4) is 0 Å². The summed E-state index contributed by atoms with van der Waals surface area (Å²) < 4.78 is 9.87. The fourth-order valence-corrected chi connectivity index (χ4v) is 2.08. The van der Waals surface area contributed by atoms with Gasteiger partial charge in [-0.2, -0.15) is 0 Å². The van der Waals surface area contributed by atoms with Gasteiger partial charge in [0.15, 0.2) is 0 Å². The molecule has 0 bridgehead atoms. The average molecular weight is 269 g/mol. The fraction of sp³-hybridized carbons (Fsp3) is 0.333.